The molecule has 1 N–H and O–H groups in total. The topological polar surface area (TPSA) is 76.9 Å². The first-order valence-electron chi connectivity index (χ1n) is 9.89. The molecular weight excluding hydrogens is 507 g/mol. The Bertz CT molecular complexity index is 1310. The number of rotatable bonds is 7. The second-order valence-corrected chi connectivity index (χ2v) is 8.89. The molecule has 9 heteroatoms. The maximum absolute atomic E-state index is 13.0. The first kappa shape index (κ1) is 22.9. The molecule has 3 aromatic carbocycles. The number of aromatic nitrogens is 3. The highest BCUT2D eigenvalue weighted by Crippen LogP contribution is 2.25. The third kappa shape index (κ3) is 5.37. The molecule has 0 fully saturated rings. The van der Waals surface area contributed by atoms with Gasteiger partial charge in [0.25, 0.3) is 5.91 Å². The molecule has 1 aromatic heterocycles. The first-order valence-corrected chi connectivity index (χ1v) is 11.7. The van der Waals surface area contributed by atoms with E-state index in [9.17, 15) is 14.0 Å². The lowest BCUT2D eigenvalue weighted by Crippen LogP contribution is -2.12. The number of benzene rings is 3. The fourth-order valence-electron chi connectivity index (χ4n) is 3.09. The third-order valence-electron chi connectivity index (χ3n) is 4.85. The van der Waals surface area contributed by atoms with Gasteiger partial charge in [0.2, 0.25) is 0 Å². The number of halogens is 2. The normalized spacial score (nSPS) is 10.8. The van der Waals surface area contributed by atoms with Crippen molar-refractivity contribution in [3.8, 4) is 11.4 Å². The van der Waals surface area contributed by atoms with Crippen LogP contribution in [0.2, 0.25) is 0 Å². The molecule has 166 valence electrons. The largest absolute Gasteiger partial charge is 0.322 e. The zero-order valence-corrected chi connectivity index (χ0v) is 19.9. The SMILES string of the molecule is Cn1c(SCC(=O)c2ccc(F)cc2)nnc1-c1ccc(NC(=O)c2ccccc2Br)cc1. The highest BCUT2D eigenvalue weighted by molar-refractivity contribution is 9.10. The predicted octanol–water partition coefficient (Wildman–Crippen LogP) is 5.61. The lowest BCUT2D eigenvalue weighted by Gasteiger charge is -2.08. The van der Waals surface area contributed by atoms with E-state index in [1.165, 1.54) is 36.0 Å². The Morgan fingerprint density at radius 3 is 2.39 bits per heavy atom. The fourth-order valence-corrected chi connectivity index (χ4v) is 4.36. The lowest BCUT2D eigenvalue weighted by molar-refractivity contribution is 0.101. The average Bonchev–Trinajstić information content (AvgIpc) is 3.19. The molecule has 0 aliphatic heterocycles. The number of nitrogens with zero attached hydrogens (tertiary/aromatic N) is 3. The zero-order chi connectivity index (χ0) is 23.4. The Labute approximate surface area is 202 Å². The van der Waals surface area contributed by atoms with E-state index >= 15 is 0 Å². The highest BCUT2D eigenvalue weighted by atomic mass is 79.9. The summed E-state index contributed by atoms with van der Waals surface area (Å²) in [5.74, 6) is 0.0941. The van der Waals surface area contributed by atoms with E-state index < -0.39 is 0 Å². The van der Waals surface area contributed by atoms with Gasteiger partial charge >= 0.3 is 0 Å². The van der Waals surface area contributed by atoms with Gasteiger partial charge in [-0.15, -0.1) is 10.2 Å². The Balaban J connectivity index is 1.41. The summed E-state index contributed by atoms with van der Waals surface area (Å²) in [5, 5.41) is 11.9. The number of Topliss-reactive ketones (excluding diaryl/α,β-unsaturated/α-hetero) is 1. The third-order valence-corrected chi connectivity index (χ3v) is 6.56. The minimum atomic E-state index is -0.379. The van der Waals surface area contributed by atoms with Gasteiger partial charge < -0.3 is 9.88 Å². The van der Waals surface area contributed by atoms with Crippen LogP contribution in [0.4, 0.5) is 10.1 Å². The van der Waals surface area contributed by atoms with Crippen molar-refractivity contribution >= 4 is 45.1 Å². The summed E-state index contributed by atoms with van der Waals surface area (Å²) in [6.45, 7) is 0. The standard InChI is InChI=1S/C24H18BrFN4O2S/c1-30-22(28-29-24(30)33-14-21(31)15-6-10-17(26)11-7-15)16-8-12-18(13-9-16)27-23(32)19-4-2-3-5-20(19)25/h2-13H,14H2,1H3,(H,27,32). The Hall–Kier alpha value is -3.30. The number of nitrogens with one attached hydrogen (secondary N) is 1. The predicted molar refractivity (Wildman–Crippen MR) is 130 cm³/mol. The van der Waals surface area contributed by atoms with Crippen LogP contribution in [0.15, 0.2) is 82.4 Å². The number of hydrogen-bond acceptors (Lipinski definition) is 5. The minimum absolute atomic E-state index is 0.116. The number of amides is 1. The Kier molecular flexibility index (Phi) is 7.00. The molecule has 0 spiro atoms. The number of thioether (sulfide) groups is 1. The average molecular weight is 525 g/mol. The van der Waals surface area contributed by atoms with Crippen molar-refractivity contribution in [2.24, 2.45) is 7.05 Å². The summed E-state index contributed by atoms with van der Waals surface area (Å²) in [6.07, 6.45) is 0. The van der Waals surface area contributed by atoms with Crippen LogP contribution < -0.4 is 5.32 Å². The van der Waals surface area contributed by atoms with E-state index in [1.54, 1.807) is 28.8 Å². The van der Waals surface area contributed by atoms with Crippen LogP contribution in [0.5, 0.6) is 0 Å². The minimum Gasteiger partial charge on any atom is -0.322 e. The van der Waals surface area contributed by atoms with Crippen LogP contribution in [0.3, 0.4) is 0 Å². The van der Waals surface area contributed by atoms with Crippen LogP contribution in [0, 0.1) is 5.82 Å². The number of hydrogen-bond donors (Lipinski definition) is 1. The molecule has 4 aromatic rings. The second-order valence-electron chi connectivity index (χ2n) is 7.10. The number of carbonyl (C=O) groups excluding carboxylic acids is 2. The van der Waals surface area contributed by atoms with Crippen LogP contribution in [0.25, 0.3) is 11.4 Å². The maximum Gasteiger partial charge on any atom is 0.256 e. The zero-order valence-electron chi connectivity index (χ0n) is 17.5. The van der Waals surface area contributed by atoms with E-state index in [-0.39, 0.29) is 23.3 Å². The maximum atomic E-state index is 13.0. The van der Waals surface area contributed by atoms with E-state index in [0.717, 1.165) is 10.0 Å². The summed E-state index contributed by atoms with van der Waals surface area (Å²) in [7, 11) is 1.82. The van der Waals surface area contributed by atoms with Gasteiger partial charge in [0.05, 0.1) is 11.3 Å². The number of ketones is 1. The van der Waals surface area contributed by atoms with Crippen molar-refractivity contribution in [2.45, 2.75) is 5.16 Å². The number of anilines is 1. The Morgan fingerprint density at radius 1 is 1.00 bits per heavy atom. The van der Waals surface area contributed by atoms with Crippen molar-refractivity contribution in [1.29, 1.82) is 0 Å². The summed E-state index contributed by atoms with van der Waals surface area (Å²) in [6, 6.07) is 20.0. The molecule has 0 atom stereocenters. The van der Waals surface area contributed by atoms with Gasteiger partial charge in [-0.25, -0.2) is 4.39 Å². The molecule has 0 bridgehead atoms. The molecule has 6 nitrogen and oxygen atoms in total. The van der Waals surface area contributed by atoms with Crippen LogP contribution in [-0.2, 0) is 7.05 Å². The van der Waals surface area contributed by atoms with Gasteiger partial charge in [-0.1, -0.05) is 23.9 Å². The van der Waals surface area contributed by atoms with Crippen molar-refractivity contribution in [2.75, 3.05) is 11.1 Å². The molecule has 1 heterocycles. The van der Waals surface area contributed by atoms with E-state index in [2.05, 4.69) is 31.4 Å². The monoisotopic (exact) mass is 524 g/mol. The van der Waals surface area contributed by atoms with E-state index in [4.69, 9.17) is 0 Å². The molecule has 0 radical (unpaired) electrons. The molecular formula is C24H18BrFN4O2S. The summed E-state index contributed by atoms with van der Waals surface area (Å²) in [5.41, 5.74) is 2.47. The van der Waals surface area contributed by atoms with Crippen LogP contribution >= 0.6 is 27.7 Å². The van der Waals surface area contributed by atoms with Crippen molar-refractivity contribution in [3.05, 3.63) is 94.2 Å². The van der Waals surface area contributed by atoms with Crippen molar-refractivity contribution in [1.82, 2.24) is 14.8 Å². The fraction of sp³-hybridized carbons (Fsp3) is 0.0833. The van der Waals surface area contributed by atoms with Gasteiger partial charge in [-0.3, -0.25) is 9.59 Å². The molecule has 0 saturated carbocycles. The van der Waals surface area contributed by atoms with Gasteiger partial charge in [0, 0.05) is 28.3 Å². The molecule has 0 aliphatic rings. The van der Waals surface area contributed by atoms with Gasteiger partial charge in [0.1, 0.15) is 5.82 Å². The van der Waals surface area contributed by atoms with Gasteiger partial charge in [-0.05, 0) is 76.6 Å². The van der Waals surface area contributed by atoms with Crippen molar-refractivity contribution in [3.63, 3.8) is 0 Å². The quantitative estimate of drug-likeness (QED) is 0.251. The second kappa shape index (κ2) is 10.1. The van der Waals surface area contributed by atoms with E-state index in [1.807, 2.05) is 31.3 Å². The van der Waals surface area contributed by atoms with Gasteiger partial charge in [-0.2, -0.15) is 0 Å². The van der Waals surface area contributed by atoms with Crippen LogP contribution in [-0.4, -0.2) is 32.2 Å². The summed E-state index contributed by atoms with van der Waals surface area (Å²) >= 11 is 4.65. The Morgan fingerprint density at radius 2 is 1.70 bits per heavy atom. The van der Waals surface area contributed by atoms with E-state index in [0.29, 0.717) is 27.8 Å². The molecule has 0 saturated heterocycles. The molecule has 1 amide bonds. The lowest BCUT2D eigenvalue weighted by atomic mass is 10.1. The molecule has 33 heavy (non-hydrogen) atoms. The summed E-state index contributed by atoms with van der Waals surface area (Å²) < 4.78 is 15.6. The molecule has 0 unspecified atom stereocenters. The van der Waals surface area contributed by atoms with Gasteiger partial charge in [0.15, 0.2) is 16.8 Å². The number of carbonyl (C=O) groups is 2. The molecule has 4 rings (SSSR count). The summed E-state index contributed by atoms with van der Waals surface area (Å²) in [4.78, 5) is 24.8. The highest BCUT2D eigenvalue weighted by Gasteiger charge is 2.15. The first-order chi connectivity index (χ1) is 15.9. The van der Waals surface area contributed by atoms with Crippen LogP contribution in [0.1, 0.15) is 20.7 Å². The molecule has 0 aliphatic carbocycles. The smallest absolute Gasteiger partial charge is 0.256 e. The van der Waals surface area contributed by atoms with Crippen molar-refractivity contribution < 1.29 is 14.0 Å².